The molecule has 3 rings (SSSR count). The van der Waals surface area contributed by atoms with Gasteiger partial charge in [-0.3, -0.25) is 18.9 Å². The van der Waals surface area contributed by atoms with Gasteiger partial charge in [-0.25, -0.2) is 0 Å². The Morgan fingerprint density at radius 1 is 0.867 bits per heavy atom. The standard InChI is InChI=1S/C33H44N3O6PS2/c1-26(2)43(40,41)42-22-10-4-3-9-20-34-32(38)19-23-44-45-24-21-35-31(37)17-18-33(39)36-25-29-13-6-5-11-27(29)15-16-28-12-7-8-14-30(28)36/h5-8,11-14,26H,3-4,9-10,17-25H2,1-2H3,(H,34,38)(H,35,37)(H,40,41). The molecule has 45 heavy (non-hydrogen) atoms. The van der Waals surface area contributed by atoms with Crippen molar-refractivity contribution in [3.8, 4) is 11.8 Å². The first-order chi connectivity index (χ1) is 21.7. The van der Waals surface area contributed by atoms with Crippen molar-refractivity contribution in [2.75, 3.05) is 36.1 Å². The Hall–Kier alpha value is -2.74. The predicted molar refractivity (Wildman–Crippen MR) is 184 cm³/mol. The first kappa shape index (κ1) is 36.7. The summed E-state index contributed by atoms with van der Waals surface area (Å²) in [6, 6.07) is 15.4. The van der Waals surface area contributed by atoms with Gasteiger partial charge in [-0.15, -0.1) is 0 Å². The molecule has 1 aliphatic heterocycles. The molecule has 1 heterocycles. The molecule has 12 heteroatoms. The lowest BCUT2D eigenvalue weighted by Gasteiger charge is -2.26. The summed E-state index contributed by atoms with van der Waals surface area (Å²) < 4.78 is 16.8. The van der Waals surface area contributed by atoms with Gasteiger partial charge >= 0.3 is 7.60 Å². The van der Waals surface area contributed by atoms with Gasteiger partial charge < -0.3 is 25.0 Å². The molecule has 1 aliphatic rings. The minimum absolute atomic E-state index is 0.0146. The maximum Gasteiger partial charge on any atom is 0.330 e. The summed E-state index contributed by atoms with van der Waals surface area (Å²) in [4.78, 5) is 49.1. The van der Waals surface area contributed by atoms with Crippen molar-refractivity contribution in [2.45, 2.75) is 71.0 Å². The molecular formula is C33H44N3O6PS2. The largest absolute Gasteiger partial charge is 0.356 e. The fourth-order valence-corrected chi connectivity index (χ4v) is 6.96. The smallest absolute Gasteiger partial charge is 0.330 e. The number of benzene rings is 2. The summed E-state index contributed by atoms with van der Waals surface area (Å²) in [5.41, 5.74) is 3.02. The quantitative estimate of drug-likeness (QED) is 0.0731. The van der Waals surface area contributed by atoms with Crippen LogP contribution in [0.25, 0.3) is 0 Å². The predicted octanol–water partition coefficient (Wildman–Crippen LogP) is 5.89. The van der Waals surface area contributed by atoms with E-state index in [4.69, 9.17) is 4.52 Å². The van der Waals surface area contributed by atoms with Crippen molar-refractivity contribution < 1.29 is 28.4 Å². The van der Waals surface area contributed by atoms with Gasteiger partial charge in [0.15, 0.2) is 0 Å². The highest BCUT2D eigenvalue weighted by Gasteiger charge is 2.24. The maximum atomic E-state index is 13.3. The van der Waals surface area contributed by atoms with E-state index in [0.717, 1.165) is 48.1 Å². The molecule has 0 spiro atoms. The molecular weight excluding hydrogens is 629 g/mol. The van der Waals surface area contributed by atoms with E-state index in [-0.39, 0.29) is 37.2 Å². The minimum atomic E-state index is -3.49. The lowest BCUT2D eigenvalue weighted by atomic mass is 10.0. The number of carbonyl (C=O) groups is 3. The fourth-order valence-electron chi connectivity index (χ4n) is 4.38. The molecule has 3 amide bonds. The number of nitrogens with zero attached hydrogens (tertiary/aromatic N) is 1. The molecule has 9 nitrogen and oxygen atoms in total. The summed E-state index contributed by atoms with van der Waals surface area (Å²) in [6.45, 7) is 5.12. The summed E-state index contributed by atoms with van der Waals surface area (Å²) in [6.07, 6.45) is 4.01. The summed E-state index contributed by atoms with van der Waals surface area (Å²) in [5, 5.41) is 5.80. The molecule has 2 aromatic carbocycles. The molecule has 1 atom stereocenters. The zero-order valence-electron chi connectivity index (χ0n) is 26.1. The van der Waals surface area contributed by atoms with Crippen molar-refractivity contribution in [1.29, 1.82) is 0 Å². The van der Waals surface area contributed by atoms with Gasteiger partial charge in [-0.05, 0) is 36.6 Å². The second-order valence-corrected chi connectivity index (χ2v) is 16.0. The second kappa shape index (κ2) is 19.7. The van der Waals surface area contributed by atoms with Crippen LogP contribution in [0, 0.1) is 11.8 Å². The van der Waals surface area contributed by atoms with Crippen LogP contribution in [0.15, 0.2) is 48.5 Å². The molecule has 1 unspecified atom stereocenters. The van der Waals surface area contributed by atoms with Crippen LogP contribution in [0.3, 0.4) is 0 Å². The number of para-hydroxylation sites is 1. The highest BCUT2D eigenvalue weighted by Crippen LogP contribution is 2.47. The molecule has 0 saturated carbocycles. The average Bonchev–Trinajstić information content (AvgIpc) is 3.01. The number of carbonyl (C=O) groups excluding carboxylic acids is 3. The van der Waals surface area contributed by atoms with Gasteiger partial charge in [0, 0.05) is 55.0 Å². The second-order valence-electron chi connectivity index (χ2n) is 10.9. The Balaban J connectivity index is 1.22. The lowest BCUT2D eigenvalue weighted by molar-refractivity contribution is -0.125. The van der Waals surface area contributed by atoms with Gasteiger partial charge in [0.1, 0.15) is 0 Å². The molecule has 3 N–H and O–H groups in total. The molecule has 0 radical (unpaired) electrons. The number of anilines is 1. The number of rotatable bonds is 19. The van der Waals surface area contributed by atoms with Crippen molar-refractivity contribution in [3.63, 3.8) is 0 Å². The van der Waals surface area contributed by atoms with Crippen molar-refractivity contribution in [2.24, 2.45) is 0 Å². The topological polar surface area (TPSA) is 125 Å². The number of unbranched alkanes of at least 4 members (excludes halogenated alkanes) is 3. The van der Waals surface area contributed by atoms with Crippen LogP contribution in [0.5, 0.6) is 0 Å². The van der Waals surface area contributed by atoms with Crippen LogP contribution in [0.2, 0.25) is 0 Å². The third-order valence-electron chi connectivity index (χ3n) is 7.06. The molecule has 0 saturated heterocycles. The van der Waals surface area contributed by atoms with Crippen LogP contribution in [-0.2, 0) is 30.0 Å². The summed E-state index contributed by atoms with van der Waals surface area (Å²) in [5.74, 6) is 7.51. The Kier molecular flexibility index (Phi) is 16.1. The van der Waals surface area contributed by atoms with Crippen LogP contribution < -0.4 is 15.5 Å². The Morgan fingerprint density at radius 3 is 2.31 bits per heavy atom. The summed E-state index contributed by atoms with van der Waals surface area (Å²) in [7, 11) is -0.292. The number of nitrogens with one attached hydrogen (secondary N) is 2. The maximum absolute atomic E-state index is 13.3. The van der Waals surface area contributed by atoms with Crippen LogP contribution >= 0.6 is 29.2 Å². The number of fused-ring (bicyclic) bond motifs is 2. The van der Waals surface area contributed by atoms with Crippen LogP contribution in [0.4, 0.5) is 5.69 Å². The normalized spacial score (nSPS) is 13.4. The summed E-state index contributed by atoms with van der Waals surface area (Å²) >= 11 is 0. The van der Waals surface area contributed by atoms with E-state index in [1.54, 1.807) is 40.3 Å². The van der Waals surface area contributed by atoms with E-state index < -0.39 is 13.3 Å². The van der Waals surface area contributed by atoms with E-state index in [0.29, 0.717) is 37.6 Å². The van der Waals surface area contributed by atoms with Gasteiger partial charge in [-0.2, -0.15) is 0 Å². The monoisotopic (exact) mass is 673 g/mol. The third-order valence-corrected chi connectivity index (χ3v) is 11.3. The molecule has 0 aliphatic carbocycles. The van der Waals surface area contributed by atoms with Crippen molar-refractivity contribution >= 4 is 52.6 Å². The SMILES string of the molecule is CC(C)P(=O)(O)OCCCCCCNC(=O)CCSSCCNC(=O)CCC(=O)N1Cc2ccccc2C#Cc2ccccc21. The van der Waals surface area contributed by atoms with Crippen molar-refractivity contribution in [3.05, 3.63) is 65.2 Å². The first-order valence-electron chi connectivity index (χ1n) is 15.4. The molecule has 0 aromatic heterocycles. The Morgan fingerprint density at radius 2 is 1.51 bits per heavy atom. The van der Waals surface area contributed by atoms with Gasteiger partial charge in [-0.1, -0.05) is 90.4 Å². The Bertz CT molecular complexity index is 1390. The molecule has 0 fully saturated rings. The zero-order chi connectivity index (χ0) is 32.5. The Labute approximate surface area is 275 Å². The number of hydrogen-bond acceptors (Lipinski definition) is 7. The van der Waals surface area contributed by atoms with Crippen molar-refractivity contribution in [1.82, 2.24) is 10.6 Å². The van der Waals surface area contributed by atoms with Crippen LogP contribution in [-0.4, -0.2) is 59.5 Å². The highest BCUT2D eigenvalue weighted by molar-refractivity contribution is 8.76. The highest BCUT2D eigenvalue weighted by atomic mass is 33.1. The first-order valence-corrected chi connectivity index (χ1v) is 19.5. The van der Waals surface area contributed by atoms with Gasteiger partial charge in [0.2, 0.25) is 17.7 Å². The van der Waals surface area contributed by atoms with E-state index in [1.807, 2.05) is 48.5 Å². The lowest BCUT2D eigenvalue weighted by Crippen LogP contribution is -2.33. The van der Waals surface area contributed by atoms with Gasteiger partial charge in [0.05, 0.1) is 24.5 Å². The van der Waals surface area contributed by atoms with E-state index in [2.05, 4.69) is 22.5 Å². The molecule has 0 bridgehead atoms. The van der Waals surface area contributed by atoms with Gasteiger partial charge in [0.25, 0.3) is 0 Å². The fraction of sp³-hybridized carbons (Fsp3) is 0.485. The van der Waals surface area contributed by atoms with Crippen LogP contribution in [0.1, 0.15) is 75.5 Å². The van der Waals surface area contributed by atoms with E-state index >= 15 is 0 Å². The minimum Gasteiger partial charge on any atom is -0.356 e. The van der Waals surface area contributed by atoms with E-state index in [9.17, 15) is 23.8 Å². The average molecular weight is 674 g/mol. The molecule has 2 aromatic rings. The van der Waals surface area contributed by atoms with E-state index in [1.165, 1.54) is 0 Å². The molecule has 244 valence electrons. The number of hydrogen-bond donors (Lipinski definition) is 3. The number of amides is 3. The zero-order valence-corrected chi connectivity index (χ0v) is 28.6. The third kappa shape index (κ3) is 13.3.